The Morgan fingerprint density at radius 3 is 2.50 bits per heavy atom. The molecule has 26 heavy (non-hydrogen) atoms. The number of anilines is 3. The molecule has 0 saturated heterocycles. The van der Waals surface area contributed by atoms with Crippen LogP contribution >= 0.6 is 0 Å². The fraction of sp³-hybridized carbons (Fsp3) is 0.238. The molecule has 5 heteroatoms. The summed E-state index contributed by atoms with van der Waals surface area (Å²) < 4.78 is 13.8. The van der Waals surface area contributed by atoms with Crippen LogP contribution in [0.5, 0.6) is 0 Å². The predicted octanol–water partition coefficient (Wildman–Crippen LogP) is 5.40. The zero-order chi connectivity index (χ0) is 18.5. The largest absolute Gasteiger partial charge is 0.366 e. The summed E-state index contributed by atoms with van der Waals surface area (Å²) in [5, 5.41) is 6.48. The Hall–Kier alpha value is -2.95. The number of rotatable bonds is 6. The Labute approximate surface area is 153 Å². The third-order valence-corrected chi connectivity index (χ3v) is 4.10. The monoisotopic (exact) mass is 350 g/mol. The summed E-state index contributed by atoms with van der Waals surface area (Å²) >= 11 is 0. The van der Waals surface area contributed by atoms with E-state index in [0.29, 0.717) is 29.8 Å². The van der Waals surface area contributed by atoms with Gasteiger partial charge in [0.1, 0.15) is 11.6 Å². The zero-order valence-electron chi connectivity index (χ0n) is 15.3. The molecule has 4 nitrogen and oxygen atoms in total. The fourth-order valence-corrected chi connectivity index (χ4v) is 2.78. The van der Waals surface area contributed by atoms with Crippen molar-refractivity contribution >= 4 is 17.5 Å². The molecule has 0 unspecified atom stereocenters. The van der Waals surface area contributed by atoms with Crippen molar-refractivity contribution in [2.24, 2.45) is 0 Å². The lowest BCUT2D eigenvalue weighted by molar-refractivity contribution is 0.613. The van der Waals surface area contributed by atoms with Gasteiger partial charge in [0.15, 0.2) is 0 Å². The molecule has 0 aliphatic heterocycles. The summed E-state index contributed by atoms with van der Waals surface area (Å²) in [6.45, 7) is 6.58. The van der Waals surface area contributed by atoms with Crippen LogP contribution in [-0.4, -0.2) is 9.97 Å². The minimum absolute atomic E-state index is 0.227. The lowest BCUT2D eigenvalue weighted by Gasteiger charge is -2.15. The Morgan fingerprint density at radius 2 is 1.73 bits per heavy atom. The lowest BCUT2D eigenvalue weighted by atomic mass is 10.0. The molecule has 134 valence electrons. The standard InChI is InChI=1S/C21H23FN4/c1-14(2)17-9-5-7-11-19(17)25-21-24-15(3)12-20(26-21)23-13-16-8-4-6-10-18(16)22/h4-12,14H,13H2,1-3H3,(H2,23,24,25,26). The van der Waals surface area contributed by atoms with Crippen LogP contribution in [-0.2, 0) is 6.54 Å². The molecule has 0 radical (unpaired) electrons. The number of nitrogens with zero attached hydrogens (tertiary/aromatic N) is 2. The summed E-state index contributed by atoms with van der Waals surface area (Å²) in [4.78, 5) is 8.98. The maximum atomic E-state index is 13.8. The average Bonchev–Trinajstić information content (AvgIpc) is 2.61. The molecular weight excluding hydrogens is 327 g/mol. The zero-order valence-corrected chi connectivity index (χ0v) is 15.3. The van der Waals surface area contributed by atoms with Crippen molar-refractivity contribution in [1.82, 2.24) is 9.97 Å². The van der Waals surface area contributed by atoms with Gasteiger partial charge in [0.2, 0.25) is 5.95 Å². The Kier molecular flexibility index (Phi) is 5.46. The summed E-state index contributed by atoms with van der Waals surface area (Å²) in [7, 11) is 0. The summed E-state index contributed by atoms with van der Waals surface area (Å²) in [6, 6.07) is 16.7. The van der Waals surface area contributed by atoms with Gasteiger partial charge in [-0.15, -0.1) is 0 Å². The van der Waals surface area contributed by atoms with E-state index in [0.717, 1.165) is 11.4 Å². The highest BCUT2D eigenvalue weighted by Gasteiger charge is 2.09. The number of aryl methyl sites for hydroxylation is 1. The van der Waals surface area contributed by atoms with Gasteiger partial charge >= 0.3 is 0 Å². The van der Waals surface area contributed by atoms with Crippen molar-refractivity contribution in [2.75, 3.05) is 10.6 Å². The number of halogens is 1. The molecule has 2 N–H and O–H groups in total. The Morgan fingerprint density at radius 1 is 1.00 bits per heavy atom. The van der Waals surface area contributed by atoms with Crippen molar-refractivity contribution in [3.8, 4) is 0 Å². The topological polar surface area (TPSA) is 49.8 Å². The van der Waals surface area contributed by atoms with E-state index in [2.05, 4.69) is 40.5 Å². The molecule has 3 rings (SSSR count). The molecule has 0 atom stereocenters. The normalized spacial score (nSPS) is 10.8. The number of nitrogens with one attached hydrogen (secondary N) is 2. The minimum atomic E-state index is -0.227. The van der Waals surface area contributed by atoms with Crippen molar-refractivity contribution in [1.29, 1.82) is 0 Å². The fourth-order valence-electron chi connectivity index (χ4n) is 2.78. The van der Waals surface area contributed by atoms with Gasteiger partial charge in [-0.2, -0.15) is 4.98 Å². The molecule has 2 aromatic carbocycles. The summed E-state index contributed by atoms with van der Waals surface area (Å²) in [5.74, 6) is 1.34. The van der Waals surface area contributed by atoms with Crippen molar-refractivity contribution in [2.45, 2.75) is 33.2 Å². The van der Waals surface area contributed by atoms with E-state index in [1.807, 2.05) is 37.3 Å². The van der Waals surface area contributed by atoms with Crippen LogP contribution in [0.4, 0.5) is 21.8 Å². The van der Waals surface area contributed by atoms with Gasteiger partial charge < -0.3 is 10.6 Å². The first-order valence-corrected chi connectivity index (χ1v) is 8.72. The number of benzene rings is 2. The van der Waals surface area contributed by atoms with E-state index < -0.39 is 0 Å². The smallest absolute Gasteiger partial charge is 0.229 e. The first-order chi connectivity index (χ1) is 12.5. The van der Waals surface area contributed by atoms with Crippen molar-refractivity contribution in [3.63, 3.8) is 0 Å². The second-order valence-electron chi connectivity index (χ2n) is 6.53. The van der Waals surface area contributed by atoms with Gasteiger partial charge in [0, 0.05) is 29.6 Å². The van der Waals surface area contributed by atoms with E-state index in [-0.39, 0.29) is 5.82 Å². The lowest BCUT2D eigenvalue weighted by Crippen LogP contribution is -2.07. The maximum Gasteiger partial charge on any atom is 0.229 e. The Balaban J connectivity index is 1.79. The quantitative estimate of drug-likeness (QED) is 0.625. The highest BCUT2D eigenvalue weighted by atomic mass is 19.1. The number of hydrogen-bond acceptors (Lipinski definition) is 4. The van der Waals surface area contributed by atoms with E-state index in [4.69, 9.17) is 0 Å². The molecule has 1 heterocycles. The molecule has 1 aromatic heterocycles. The van der Waals surface area contributed by atoms with Gasteiger partial charge in [-0.3, -0.25) is 0 Å². The van der Waals surface area contributed by atoms with Crippen LogP contribution < -0.4 is 10.6 Å². The second-order valence-corrected chi connectivity index (χ2v) is 6.53. The average molecular weight is 350 g/mol. The van der Waals surface area contributed by atoms with Gasteiger partial charge in [-0.1, -0.05) is 50.2 Å². The van der Waals surface area contributed by atoms with Crippen LogP contribution in [0.1, 0.15) is 36.6 Å². The van der Waals surface area contributed by atoms with Gasteiger partial charge in [-0.25, -0.2) is 9.37 Å². The van der Waals surface area contributed by atoms with E-state index >= 15 is 0 Å². The summed E-state index contributed by atoms with van der Waals surface area (Å²) in [5.41, 5.74) is 3.63. The van der Waals surface area contributed by atoms with Crippen LogP contribution in [0.2, 0.25) is 0 Å². The first kappa shape index (κ1) is 17.9. The van der Waals surface area contributed by atoms with Gasteiger partial charge in [0.25, 0.3) is 0 Å². The number of hydrogen-bond donors (Lipinski definition) is 2. The highest BCUT2D eigenvalue weighted by molar-refractivity contribution is 5.60. The molecule has 0 amide bonds. The summed E-state index contributed by atoms with van der Waals surface area (Å²) in [6.07, 6.45) is 0. The number of aromatic nitrogens is 2. The van der Waals surface area contributed by atoms with Crippen molar-refractivity contribution in [3.05, 3.63) is 77.2 Å². The molecule has 3 aromatic rings. The predicted molar refractivity (Wildman–Crippen MR) is 104 cm³/mol. The van der Waals surface area contributed by atoms with Crippen LogP contribution in [0.3, 0.4) is 0 Å². The van der Waals surface area contributed by atoms with Crippen LogP contribution in [0.15, 0.2) is 54.6 Å². The van der Waals surface area contributed by atoms with Gasteiger partial charge in [-0.05, 0) is 30.5 Å². The maximum absolute atomic E-state index is 13.8. The third-order valence-electron chi connectivity index (χ3n) is 4.10. The van der Waals surface area contributed by atoms with Crippen LogP contribution in [0.25, 0.3) is 0 Å². The minimum Gasteiger partial charge on any atom is -0.366 e. The molecule has 0 bridgehead atoms. The van der Waals surface area contributed by atoms with E-state index in [9.17, 15) is 4.39 Å². The van der Waals surface area contributed by atoms with Gasteiger partial charge in [0.05, 0.1) is 0 Å². The van der Waals surface area contributed by atoms with E-state index in [1.165, 1.54) is 11.6 Å². The molecule has 0 aliphatic carbocycles. The molecule has 0 saturated carbocycles. The molecular formula is C21H23FN4. The number of para-hydroxylation sites is 1. The SMILES string of the molecule is Cc1cc(NCc2ccccc2F)nc(Nc2ccccc2C(C)C)n1. The third kappa shape index (κ3) is 4.36. The molecule has 0 fully saturated rings. The van der Waals surface area contributed by atoms with E-state index in [1.54, 1.807) is 12.1 Å². The first-order valence-electron chi connectivity index (χ1n) is 8.72. The Bertz CT molecular complexity index is 893. The highest BCUT2D eigenvalue weighted by Crippen LogP contribution is 2.26. The second kappa shape index (κ2) is 7.95. The van der Waals surface area contributed by atoms with Crippen LogP contribution in [0, 0.1) is 12.7 Å². The molecule has 0 aliphatic rings. The van der Waals surface area contributed by atoms with Crippen molar-refractivity contribution < 1.29 is 4.39 Å². The molecule has 0 spiro atoms.